The topological polar surface area (TPSA) is 61.5 Å². The van der Waals surface area contributed by atoms with Gasteiger partial charge < -0.3 is 15.2 Å². The summed E-state index contributed by atoms with van der Waals surface area (Å²) in [5, 5.41) is 2.72. The van der Waals surface area contributed by atoms with Crippen LogP contribution in [0.4, 0.5) is 0 Å². The summed E-state index contributed by atoms with van der Waals surface area (Å²) < 4.78 is 11.1. The molecule has 0 aliphatic carbocycles. The summed E-state index contributed by atoms with van der Waals surface area (Å²) in [5.74, 6) is -0.168. The Balaban J connectivity index is 1.95. The van der Waals surface area contributed by atoms with Crippen molar-refractivity contribution >= 4 is 28.3 Å². The number of halogens is 1. The van der Waals surface area contributed by atoms with E-state index < -0.39 is 11.9 Å². The Morgan fingerprint density at radius 2 is 1.78 bits per heavy atom. The highest BCUT2D eigenvalue weighted by molar-refractivity contribution is 6.30. The van der Waals surface area contributed by atoms with Crippen molar-refractivity contribution in [2.45, 2.75) is 12.8 Å². The fraction of sp³-hybridized carbons (Fsp3) is 0.136. The zero-order valence-corrected chi connectivity index (χ0v) is 15.5. The van der Waals surface area contributed by atoms with Crippen LogP contribution in [0.25, 0.3) is 10.8 Å². The van der Waals surface area contributed by atoms with Gasteiger partial charge in [-0.25, -0.2) is 4.79 Å². The third kappa shape index (κ3) is 3.13. The van der Waals surface area contributed by atoms with Crippen molar-refractivity contribution in [3.8, 4) is 5.75 Å². The molecule has 3 aromatic rings. The first-order chi connectivity index (χ1) is 13.1. The fourth-order valence-corrected chi connectivity index (χ4v) is 3.58. The maximum atomic E-state index is 12.7. The van der Waals surface area contributed by atoms with E-state index in [9.17, 15) is 4.79 Å². The average Bonchev–Trinajstić information content (AvgIpc) is 2.66. The van der Waals surface area contributed by atoms with Crippen molar-refractivity contribution in [2.75, 3.05) is 6.61 Å². The lowest BCUT2D eigenvalue weighted by Gasteiger charge is -2.29. The summed E-state index contributed by atoms with van der Waals surface area (Å²) in [7, 11) is 0. The van der Waals surface area contributed by atoms with Crippen LogP contribution in [0.15, 0.2) is 72.1 Å². The van der Waals surface area contributed by atoms with Gasteiger partial charge in [0.2, 0.25) is 5.88 Å². The molecule has 0 aromatic heterocycles. The molecule has 0 amide bonds. The SMILES string of the molecule is CCOC(=O)C1=C(N)Oc2cc3ccccc3cc2C1c1ccc(Cl)cc1. The molecule has 0 saturated heterocycles. The van der Waals surface area contributed by atoms with Gasteiger partial charge in [0.25, 0.3) is 0 Å². The first-order valence-electron chi connectivity index (χ1n) is 8.71. The Hall–Kier alpha value is -2.98. The second-order valence-corrected chi connectivity index (χ2v) is 6.76. The molecule has 0 radical (unpaired) electrons. The molecule has 2 N–H and O–H groups in total. The highest BCUT2D eigenvalue weighted by Crippen LogP contribution is 2.44. The van der Waals surface area contributed by atoms with Crippen molar-refractivity contribution in [1.29, 1.82) is 0 Å². The minimum absolute atomic E-state index is 0.0659. The summed E-state index contributed by atoms with van der Waals surface area (Å²) in [5.41, 5.74) is 8.23. The maximum Gasteiger partial charge on any atom is 0.340 e. The molecule has 27 heavy (non-hydrogen) atoms. The smallest absolute Gasteiger partial charge is 0.340 e. The van der Waals surface area contributed by atoms with E-state index in [1.807, 2.05) is 48.5 Å². The highest BCUT2D eigenvalue weighted by atomic mass is 35.5. The van der Waals surface area contributed by atoms with E-state index in [0.717, 1.165) is 21.9 Å². The molecular weight excluding hydrogens is 362 g/mol. The number of esters is 1. The Morgan fingerprint density at radius 3 is 2.44 bits per heavy atom. The number of rotatable bonds is 3. The predicted octanol–water partition coefficient (Wildman–Crippen LogP) is 4.75. The summed E-state index contributed by atoms with van der Waals surface area (Å²) in [6, 6.07) is 19.4. The molecular formula is C22H18ClNO3. The molecule has 0 bridgehead atoms. The Labute approximate surface area is 162 Å². The first kappa shape index (κ1) is 17.4. The van der Waals surface area contributed by atoms with Crippen LogP contribution in [0.2, 0.25) is 5.02 Å². The second-order valence-electron chi connectivity index (χ2n) is 6.32. The van der Waals surface area contributed by atoms with Crippen LogP contribution >= 0.6 is 11.6 Å². The molecule has 1 atom stereocenters. The van der Waals surface area contributed by atoms with Gasteiger partial charge in [0.05, 0.1) is 12.5 Å². The van der Waals surface area contributed by atoms with Crippen LogP contribution in [0.5, 0.6) is 5.75 Å². The Bertz CT molecular complexity index is 1060. The zero-order valence-electron chi connectivity index (χ0n) is 14.7. The van der Waals surface area contributed by atoms with E-state index >= 15 is 0 Å². The number of benzene rings is 3. The van der Waals surface area contributed by atoms with Gasteiger partial charge in [0, 0.05) is 10.6 Å². The summed E-state index contributed by atoms with van der Waals surface area (Å²) in [6.45, 7) is 2.02. The number of hydrogen-bond acceptors (Lipinski definition) is 4. The summed E-state index contributed by atoms with van der Waals surface area (Å²) >= 11 is 6.05. The molecule has 1 unspecified atom stereocenters. The van der Waals surface area contributed by atoms with Crippen molar-refractivity contribution in [1.82, 2.24) is 0 Å². The van der Waals surface area contributed by atoms with E-state index in [-0.39, 0.29) is 12.5 Å². The van der Waals surface area contributed by atoms with Crippen molar-refractivity contribution in [2.24, 2.45) is 5.73 Å². The Kier molecular flexibility index (Phi) is 4.50. The molecule has 0 spiro atoms. The maximum absolute atomic E-state index is 12.7. The molecule has 5 heteroatoms. The monoisotopic (exact) mass is 379 g/mol. The lowest BCUT2D eigenvalue weighted by Crippen LogP contribution is -2.27. The van der Waals surface area contributed by atoms with E-state index in [1.165, 1.54) is 0 Å². The molecule has 0 saturated carbocycles. The van der Waals surface area contributed by atoms with Crippen LogP contribution < -0.4 is 10.5 Å². The minimum atomic E-state index is -0.478. The van der Waals surface area contributed by atoms with Gasteiger partial charge in [-0.2, -0.15) is 0 Å². The van der Waals surface area contributed by atoms with E-state index in [1.54, 1.807) is 19.1 Å². The largest absolute Gasteiger partial charge is 0.462 e. The van der Waals surface area contributed by atoms with Gasteiger partial charge >= 0.3 is 5.97 Å². The molecule has 4 nitrogen and oxygen atoms in total. The predicted molar refractivity (Wildman–Crippen MR) is 106 cm³/mol. The molecule has 4 rings (SSSR count). The van der Waals surface area contributed by atoms with Gasteiger partial charge in [-0.15, -0.1) is 0 Å². The van der Waals surface area contributed by atoms with Gasteiger partial charge in [-0.1, -0.05) is 48.0 Å². The van der Waals surface area contributed by atoms with E-state index in [2.05, 4.69) is 0 Å². The standard InChI is InChI=1S/C22H18ClNO3/c1-2-26-22(25)20-19(13-7-9-16(23)10-8-13)17-11-14-5-3-4-6-15(14)12-18(17)27-21(20)24/h3-12,19H,2,24H2,1H3. The van der Waals surface area contributed by atoms with Crippen LogP contribution in [-0.2, 0) is 9.53 Å². The molecule has 136 valence electrons. The molecule has 1 heterocycles. The molecule has 1 aliphatic heterocycles. The third-order valence-electron chi connectivity index (χ3n) is 4.66. The summed E-state index contributed by atoms with van der Waals surface area (Å²) in [4.78, 5) is 12.7. The Morgan fingerprint density at radius 1 is 1.11 bits per heavy atom. The third-order valence-corrected chi connectivity index (χ3v) is 4.91. The first-order valence-corrected chi connectivity index (χ1v) is 9.09. The molecule has 3 aromatic carbocycles. The van der Waals surface area contributed by atoms with Crippen molar-refractivity contribution < 1.29 is 14.3 Å². The normalized spacial score (nSPS) is 16.0. The van der Waals surface area contributed by atoms with E-state index in [0.29, 0.717) is 16.3 Å². The van der Waals surface area contributed by atoms with E-state index in [4.69, 9.17) is 26.8 Å². The van der Waals surface area contributed by atoms with Gasteiger partial charge in [0.1, 0.15) is 11.3 Å². The van der Waals surface area contributed by atoms with Crippen LogP contribution in [-0.4, -0.2) is 12.6 Å². The lowest BCUT2D eigenvalue weighted by molar-refractivity contribution is -0.139. The quantitative estimate of drug-likeness (QED) is 0.667. The number of carbonyl (C=O) groups is 1. The second kappa shape index (κ2) is 6.97. The average molecular weight is 380 g/mol. The van der Waals surface area contributed by atoms with Crippen LogP contribution in [0.3, 0.4) is 0 Å². The number of nitrogens with two attached hydrogens (primary N) is 1. The number of carbonyl (C=O) groups excluding carboxylic acids is 1. The fourth-order valence-electron chi connectivity index (χ4n) is 3.45. The highest BCUT2D eigenvalue weighted by Gasteiger charge is 2.35. The zero-order chi connectivity index (χ0) is 19.0. The van der Waals surface area contributed by atoms with Gasteiger partial charge in [-0.05, 0) is 47.5 Å². The number of ether oxygens (including phenoxy) is 2. The summed E-state index contributed by atoms with van der Waals surface area (Å²) in [6.07, 6.45) is 0. The number of hydrogen-bond donors (Lipinski definition) is 1. The van der Waals surface area contributed by atoms with Crippen molar-refractivity contribution in [3.63, 3.8) is 0 Å². The van der Waals surface area contributed by atoms with Gasteiger partial charge in [-0.3, -0.25) is 0 Å². The molecule has 0 fully saturated rings. The van der Waals surface area contributed by atoms with Gasteiger partial charge in [0.15, 0.2) is 0 Å². The van der Waals surface area contributed by atoms with Crippen molar-refractivity contribution in [3.05, 3.63) is 88.3 Å². The van der Waals surface area contributed by atoms with Crippen LogP contribution in [0, 0.1) is 0 Å². The van der Waals surface area contributed by atoms with Crippen LogP contribution in [0.1, 0.15) is 24.0 Å². The minimum Gasteiger partial charge on any atom is -0.462 e. The molecule has 1 aliphatic rings. The lowest BCUT2D eigenvalue weighted by atomic mass is 9.82. The number of fused-ring (bicyclic) bond motifs is 2.